The number of amides is 1. The van der Waals surface area contributed by atoms with E-state index in [1.54, 1.807) is 6.20 Å². The van der Waals surface area contributed by atoms with Gasteiger partial charge in [0.2, 0.25) is 5.91 Å². The summed E-state index contributed by atoms with van der Waals surface area (Å²) in [4.78, 5) is 17.2. The summed E-state index contributed by atoms with van der Waals surface area (Å²) in [7, 11) is 0. The first-order chi connectivity index (χ1) is 17.1. The van der Waals surface area contributed by atoms with Gasteiger partial charge >= 0.3 is 0 Å². The van der Waals surface area contributed by atoms with Gasteiger partial charge in [-0.3, -0.25) is 9.78 Å². The number of aromatic nitrogens is 1. The van der Waals surface area contributed by atoms with E-state index in [4.69, 9.17) is 0 Å². The first kappa shape index (κ1) is 27.4. The molecule has 4 nitrogen and oxygen atoms in total. The van der Waals surface area contributed by atoms with Crippen molar-refractivity contribution in [1.29, 1.82) is 0 Å². The Morgan fingerprint density at radius 2 is 1.66 bits per heavy atom. The molecule has 2 aromatic rings. The van der Waals surface area contributed by atoms with Crippen molar-refractivity contribution in [3.8, 4) is 0 Å². The number of unbranched alkanes of at least 4 members (excludes halogenated alkanes) is 3. The number of hydrogen-bond donors (Lipinski definition) is 2. The molecule has 0 bridgehead atoms. The molecule has 4 heteroatoms. The van der Waals surface area contributed by atoms with Crippen LogP contribution in [0.4, 0.5) is 0 Å². The van der Waals surface area contributed by atoms with E-state index < -0.39 is 0 Å². The fraction of sp³-hybridized carbons (Fsp3) is 0.613. The van der Waals surface area contributed by atoms with Crippen LogP contribution in [0.15, 0.2) is 48.7 Å². The lowest BCUT2D eigenvalue weighted by Crippen LogP contribution is -2.44. The average molecular weight is 478 g/mol. The molecular formula is C31H47N3O. The Balaban J connectivity index is 1.33. The summed E-state index contributed by atoms with van der Waals surface area (Å²) >= 11 is 0. The average Bonchev–Trinajstić information content (AvgIpc) is 2.89. The van der Waals surface area contributed by atoms with Gasteiger partial charge < -0.3 is 10.6 Å². The number of nitrogens with one attached hydrogen (secondary N) is 2. The van der Waals surface area contributed by atoms with E-state index in [1.165, 1.54) is 69.8 Å². The lowest BCUT2D eigenvalue weighted by atomic mass is 9.85. The van der Waals surface area contributed by atoms with Crippen molar-refractivity contribution < 1.29 is 4.79 Å². The Labute approximate surface area is 213 Å². The van der Waals surface area contributed by atoms with E-state index in [2.05, 4.69) is 53.7 Å². The molecule has 1 aliphatic rings. The summed E-state index contributed by atoms with van der Waals surface area (Å²) in [5, 5.41) is 6.53. The number of carbonyl (C=O) groups is 1. The Morgan fingerprint density at radius 3 is 2.37 bits per heavy atom. The Hall–Kier alpha value is -2.20. The predicted octanol–water partition coefficient (Wildman–Crippen LogP) is 6.98. The third-order valence-electron chi connectivity index (χ3n) is 7.32. The lowest BCUT2D eigenvalue weighted by Gasteiger charge is -2.21. The van der Waals surface area contributed by atoms with Gasteiger partial charge in [-0.15, -0.1) is 0 Å². The summed E-state index contributed by atoms with van der Waals surface area (Å²) < 4.78 is 0. The van der Waals surface area contributed by atoms with Crippen LogP contribution in [-0.2, 0) is 24.3 Å². The SMILES string of the molecule is CC(C)C[C@H](NCc1ccccn1)C(=O)NCc1ccc(CCCCCCC2CCCCC2)cc1. The third-order valence-corrected chi connectivity index (χ3v) is 7.32. The van der Waals surface area contributed by atoms with Gasteiger partial charge in [-0.2, -0.15) is 0 Å². The van der Waals surface area contributed by atoms with Crippen molar-refractivity contribution in [2.24, 2.45) is 11.8 Å². The van der Waals surface area contributed by atoms with Gasteiger partial charge in [-0.1, -0.05) is 102 Å². The zero-order chi connectivity index (χ0) is 24.7. The minimum atomic E-state index is -0.214. The van der Waals surface area contributed by atoms with Crippen LogP contribution in [-0.4, -0.2) is 16.9 Å². The van der Waals surface area contributed by atoms with Crippen molar-refractivity contribution in [2.75, 3.05) is 0 Å². The highest BCUT2D eigenvalue weighted by molar-refractivity contribution is 5.81. The van der Waals surface area contributed by atoms with Crippen LogP contribution >= 0.6 is 0 Å². The van der Waals surface area contributed by atoms with Crippen molar-refractivity contribution >= 4 is 5.91 Å². The molecule has 192 valence electrons. The molecule has 1 atom stereocenters. The molecule has 3 rings (SSSR count). The predicted molar refractivity (Wildman–Crippen MR) is 146 cm³/mol. The second-order valence-electron chi connectivity index (χ2n) is 10.9. The smallest absolute Gasteiger partial charge is 0.237 e. The number of pyridine rings is 1. The molecule has 0 aliphatic heterocycles. The topological polar surface area (TPSA) is 54.0 Å². The van der Waals surface area contributed by atoms with E-state index in [9.17, 15) is 4.79 Å². The summed E-state index contributed by atoms with van der Waals surface area (Å²) in [6, 6.07) is 14.4. The molecule has 0 spiro atoms. The van der Waals surface area contributed by atoms with Crippen molar-refractivity contribution in [1.82, 2.24) is 15.6 Å². The molecular weight excluding hydrogens is 430 g/mol. The number of carbonyl (C=O) groups excluding carboxylic acids is 1. The summed E-state index contributed by atoms with van der Waals surface area (Å²) in [6.07, 6.45) is 18.0. The second kappa shape index (κ2) is 15.7. The first-order valence-electron chi connectivity index (χ1n) is 14.1. The molecule has 1 saturated carbocycles. The van der Waals surface area contributed by atoms with Crippen molar-refractivity contribution in [3.63, 3.8) is 0 Å². The van der Waals surface area contributed by atoms with Gasteiger partial charge in [0.15, 0.2) is 0 Å². The van der Waals surface area contributed by atoms with Gasteiger partial charge in [0.05, 0.1) is 11.7 Å². The maximum absolute atomic E-state index is 12.9. The van der Waals surface area contributed by atoms with E-state index in [-0.39, 0.29) is 11.9 Å². The van der Waals surface area contributed by atoms with Crippen LogP contribution in [0.1, 0.15) is 101 Å². The second-order valence-corrected chi connectivity index (χ2v) is 10.9. The zero-order valence-corrected chi connectivity index (χ0v) is 22.1. The number of benzene rings is 1. The van der Waals surface area contributed by atoms with E-state index >= 15 is 0 Å². The van der Waals surface area contributed by atoms with E-state index in [0.29, 0.717) is 19.0 Å². The largest absolute Gasteiger partial charge is 0.351 e. The van der Waals surface area contributed by atoms with Crippen LogP contribution in [0, 0.1) is 11.8 Å². The molecule has 0 radical (unpaired) electrons. The minimum absolute atomic E-state index is 0.0620. The normalized spacial score (nSPS) is 15.3. The Kier molecular flexibility index (Phi) is 12.3. The number of hydrogen-bond acceptors (Lipinski definition) is 3. The molecule has 1 amide bonds. The molecule has 0 unspecified atom stereocenters. The molecule has 1 heterocycles. The van der Waals surface area contributed by atoms with Crippen LogP contribution < -0.4 is 10.6 Å². The summed E-state index contributed by atoms with van der Waals surface area (Å²) in [5.41, 5.74) is 3.51. The zero-order valence-electron chi connectivity index (χ0n) is 22.1. The highest BCUT2D eigenvalue weighted by Crippen LogP contribution is 2.28. The Morgan fingerprint density at radius 1 is 0.914 bits per heavy atom. The number of aryl methyl sites for hydroxylation is 1. The maximum atomic E-state index is 12.9. The van der Waals surface area contributed by atoms with Gasteiger partial charge in [0.1, 0.15) is 0 Å². The lowest BCUT2D eigenvalue weighted by molar-refractivity contribution is -0.123. The van der Waals surface area contributed by atoms with Crippen LogP contribution in [0.2, 0.25) is 0 Å². The fourth-order valence-electron chi connectivity index (χ4n) is 5.21. The number of rotatable bonds is 15. The summed E-state index contributed by atoms with van der Waals surface area (Å²) in [6.45, 7) is 5.47. The third kappa shape index (κ3) is 10.9. The van der Waals surface area contributed by atoms with E-state index in [1.807, 2.05) is 18.2 Å². The summed E-state index contributed by atoms with van der Waals surface area (Å²) in [5.74, 6) is 1.52. The van der Waals surface area contributed by atoms with Crippen LogP contribution in [0.3, 0.4) is 0 Å². The highest BCUT2D eigenvalue weighted by Gasteiger charge is 2.19. The quantitative estimate of drug-likeness (QED) is 0.272. The van der Waals surface area contributed by atoms with Gasteiger partial charge in [0.25, 0.3) is 0 Å². The fourth-order valence-corrected chi connectivity index (χ4v) is 5.21. The minimum Gasteiger partial charge on any atom is -0.351 e. The molecule has 1 aromatic carbocycles. The highest BCUT2D eigenvalue weighted by atomic mass is 16.2. The molecule has 1 aromatic heterocycles. The van der Waals surface area contributed by atoms with Crippen LogP contribution in [0.5, 0.6) is 0 Å². The standard InChI is InChI=1S/C31H47N3O/c1-25(2)22-30(33-24-29-16-10-11-21-32-29)31(35)34-23-28-19-17-27(18-20-28)15-7-4-3-6-12-26-13-8-5-9-14-26/h10-11,16-21,25-26,30,33H,3-9,12-15,22-24H2,1-2H3,(H,34,35)/t30-/m0/s1. The van der Waals surface area contributed by atoms with Gasteiger partial charge in [-0.05, 0) is 54.4 Å². The van der Waals surface area contributed by atoms with Crippen LogP contribution in [0.25, 0.3) is 0 Å². The van der Waals surface area contributed by atoms with Gasteiger partial charge in [-0.25, -0.2) is 0 Å². The van der Waals surface area contributed by atoms with E-state index in [0.717, 1.165) is 30.0 Å². The molecule has 1 fully saturated rings. The molecule has 2 N–H and O–H groups in total. The van der Waals surface area contributed by atoms with Crippen molar-refractivity contribution in [2.45, 2.75) is 110 Å². The monoisotopic (exact) mass is 477 g/mol. The first-order valence-corrected chi connectivity index (χ1v) is 14.1. The molecule has 0 saturated heterocycles. The number of nitrogens with zero attached hydrogens (tertiary/aromatic N) is 1. The molecule has 35 heavy (non-hydrogen) atoms. The van der Waals surface area contributed by atoms with Gasteiger partial charge in [0, 0.05) is 19.3 Å². The van der Waals surface area contributed by atoms with Crippen molar-refractivity contribution in [3.05, 3.63) is 65.5 Å². The maximum Gasteiger partial charge on any atom is 0.237 e. The molecule has 1 aliphatic carbocycles. The Bertz CT molecular complexity index is 828.